The van der Waals surface area contributed by atoms with Crippen LogP contribution in [0, 0.1) is 23.2 Å². The molecule has 5 rings (SSSR count). The summed E-state index contributed by atoms with van der Waals surface area (Å²) in [5.41, 5.74) is 5.01. The van der Waals surface area contributed by atoms with E-state index in [9.17, 15) is 9.59 Å². The average molecular weight is 373 g/mol. The molecule has 1 aromatic rings. The van der Waals surface area contributed by atoms with Crippen LogP contribution in [0.5, 0.6) is 0 Å². The second-order valence-corrected chi connectivity index (χ2v) is 8.83. The zero-order valence-electron chi connectivity index (χ0n) is 16.4. The largest absolute Gasteiger partial charge is 0.454 e. The van der Waals surface area contributed by atoms with Crippen LogP contribution in [0.25, 0.3) is 0 Å². The van der Waals surface area contributed by atoms with Gasteiger partial charge in [0.25, 0.3) is 0 Å². The lowest BCUT2D eigenvalue weighted by Gasteiger charge is -2.55. The van der Waals surface area contributed by atoms with E-state index in [0.717, 1.165) is 38.1 Å². The van der Waals surface area contributed by atoms with Crippen LogP contribution < -0.4 is 10.9 Å². The van der Waals surface area contributed by atoms with E-state index in [1.807, 2.05) is 6.07 Å². The van der Waals surface area contributed by atoms with Gasteiger partial charge < -0.3 is 4.42 Å². The fourth-order valence-electron chi connectivity index (χ4n) is 5.95. The lowest BCUT2D eigenvalue weighted by atomic mass is 9.49. The fourth-order valence-corrected chi connectivity index (χ4v) is 5.95. The van der Waals surface area contributed by atoms with Gasteiger partial charge in [-0.3, -0.25) is 25.3 Å². The van der Waals surface area contributed by atoms with Crippen molar-refractivity contribution in [2.24, 2.45) is 23.2 Å². The Morgan fingerprint density at radius 2 is 1.63 bits per heavy atom. The number of amides is 2. The molecule has 1 heterocycles. The van der Waals surface area contributed by atoms with E-state index in [0.29, 0.717) is 24.3 Å². The summed E-state index contributed by atoms with van der Waals surface area (Å²) in [5, 5.41) is 0. The van der Waals surface area contributed by atoms with E-state index < -0.39 is 0 Å². The third kappa shape index (κ3) is 3.64. The molecular weight excluding hydrogens is 342 g/mol. The summed E-state index contributed by atoms with van der Waals surface area (Å²) in [4.78, 5) is 27.5. The van der Waals surface area contributed by atoms with Gasteiger partial charge in [0.1, 0.15) is 5.76 Å². The summed E-state index contributed by atoms with van der Waals surface area (Å²) >= 11 is 0. The third-order valence-electron chi connectivity index (χ3n) is 6.97. The zero-order valence-corrected chi connectivity index (χ0v) is 16.4. The predicted molar refractivity (Wildman–Crippen MR) is 102 cm³/mol. The van der Waals surface area contributed by atoms with Gasteiger partial charge >= 0.3 is 5.91 Å². The summed E-state index contributed by atoms with van der Waals surface area (Å²) in [6.07, 6.45) is 6.82. The molecule has 4 aliphatic carbocycles. The second-order valence-electron chi connectivity index (χ2n) is 8.83. The van der Waals surface area contributed by atoms with Crippen molar-refractivity contribution >= 4 is 11.8 Å². The normalized spacial score (nSPS) is 31.3. The van der Waals surface area contributed by atoms with E-state index in [2.05, 4.69) is 29.6 Å². The van der Waals surface area contributed by atoms with E-state index in [1.54, 1.807) is 6.07 Å². The van der Waals surface area contributed by atoms with Crippen molar-refractivity contribution in [3.8, 4) is 0 Å². The van der Waals surface area contributed by atoms with E-state index >= 15 is 0 Å². The van der Waals surface area contributed by atoms with Crippen molar-refractivity contribution < 1.29 is 14.0 Å². The Kier molecular flexibility index (Phi) is 5.01. The number of furan rings is 1. The molecule has 0 atom stereocenters. The first-order valence-corrected chi connectivity index (χ1v) is 10.4. The molecule has 0 unspecified atom stereocenters. The quantitative estimate of drug-likeness (QED) is 0.752. The van der Waals surface area contributed by atoms with Crippen molar-refractivity contribution in [2.45, 2.75) is 58.9 Å². The molecule has 0 aliphatic heterocycles. The van der Waals surface area contributed by atoms with Crippen LogP contribution in [0.4, 0.5) is 0 Å². The van der Waals surface area contributed by atoms with Crippen LogP contribution in [-0.2, 0) is 11.3 Å². The molecular formula is C21H31N3O3. The highest BCUT2D eigenvalue weighted by Crippen LogP contribution is 2.60. The van der Waals surface area contributed by atoms with Crippen LogP contribution >= 0.6 is 0 Å². The van der Waals surface area contributed by atoms with Gasteiger partial charge in [0, 0.05) is 0 Å². The number of carbonyl (C=O) groups excluding carboxylic acids is 2. The summed E-state index contributed by atoms with van der Waals surface area (Å²) in [7, 11) is 0. The molecule has 4 fully saturated rings. The zero-order chi connectivity index (χ0) is 19.0. The van der Waals surface area contributed by atoms with E-state index in [4.69, 9.17) is 4.42 Å². The van der Waals surface area contributed by atoms with Crippen LogP contribution in [0.15, 0.2) is 16.5 Å². The van der Waals surface area contributed by atoms with Crippen LogP contribution in [-0.4, -0.2) is 29.8 Å². The van der Waals surface area contributed by atoms with Gasteiger partial charge in [0.2, 0.25) is 5.91 Å². The molecule has 2 amide bonds. The number of nitrogens with one attached hydrogen (secondary N) is 2. The molecule has 0 spiro atoms. The van der Waals surface area contributed by atoms with Crippen molar-refractivity contribution in [3.63, 3.8) is 0 Å². The summed E-state index contributed by atoms with van der Waals surface area (Å²) in [6, 6.07) is 3.50. The first kappa shape index (κ1) is 18.5. The maximum Gasteiger partial charge on any atom is 0.305 e. The Hall–Kier alpha value is -1.82. The maximum absolute atomic E-state index is 12.9. The molecule has 6 nitrogen and oxygen atoms in total. The topological polar surface area (TPSA) is 74.6 Å². The lowest BCUT2D eigenvalue weighted by molar-refractivity contribution is -0.147. The van der Waals surface area contributed by atoms with E-state index in [1.165, 1.54) is 19.3 Å². The van der Waals surface area contributed by atoms with Crippen molar-refractivity contribution in [2.75, 3.05) is 13.1 Å². The van der Waals surface area contributed by atoms with Gasteiger partial charge in [0.15, 0.2) is 5.76 Å². The van der Waals surface area contributed by atoms with Crippen LogP contribution in [0.2, 0.25) is 0 Å². The highest BCUT2D eigenvalue weighted by atomic mass is 16.4. The molecule has 27 heavy (non-hydrogen) atoms. The average Bonchev–Trinajstić information content (AvgIpc) is 3.11. The van der Waals surface area contributed by atoms with Gasteiger partial charge in [-0.15, -0.1) is 0 Å². The fraction of sp³-hybridized carbons (Fsp3) is 0.714. The summed E-state index contributed by atoms with van der Waals surface area (Å²) in [5.74, 6) is 2.70. The Balaban J connectivity index is 1.33. The SMILES string of the molecule is CCN(CC)Cc1ccc(C(=O)NNC(=O)C23CC4CC(CC(C4)C2)C3)o1. The van der Waals surface area contributed by atoms with E-state index in [-0.39, 0.29) is 23.0 Å². The van der Waals surface area contributed by atoms with Crippen LogP contribution in [0.1, 0.15) is 68.7 Å². The minimum Gasteiger partial charge on any atom is -0.454 e. The van der Waals surface area contributed by atoms with Gasteiger partial charge in [-0.05, 0) is 81.5 Å². The number of hydrogen-bond donors (Lipinski definition) is 2. The summed E-state index contributed by atoms with van der Waals surface area (Å²) in [6.45, 7) is 6.74. The Morgan fingerprint density at radius 3 is 2.19 bits per heavy atom. The number of hydrazine groups is 1. The summed E-state index contributed by atoms with van der Waals surface area (Å²) < 4.78 is 5.66. The number of rotatable bonds is 6. The molecule has 1 aromatic heterocycles. The molecule has 2 N–H and O–H groups in total. The minimum atomic E-state index is -0.390. The first-order valence-electron chi connectivity index (χ1n) is 10.4. The highest BCUT2D eigenvalue weighted by Gasteiger charge is 2.54. The molecule has 4 aliphatic rings. The Morgan fingerprint density at radius 1 is 1.04 bits per heavy atom. The maximum atomic E-state index is 12.9. The molecule has 0 saturated heterocycles. The number of carbonyl (C=O) groups is 2. The number of nitrogens with zero attached hydrogens (tertiary/aromatic N) is 1. The first-order chi connectivity index (χ1) is 13.0. The van der Waals surface area contributed by atoms with Gasteiger partial charge in [0.05, 0.1) is 12.0 Å². The molecule has 0 aromatic carbocycles. The monoisotopic (exact) mass is 373 g/mol. The van der Waals surface area contributed by atoms with Gasteiger partial charge in [-0.25, -0.2) is 0 Å². The minimum absolute atomic E-state index is 0.00938. The molecule has 148 valence electrons. The number of hydrogen-bond acceptors (Lipinski definition) is 4. The smallest absolute Gasteiger partial charge is 0.305 e. The van der Waals surface area contributed by atoms with Gasteiger partial charge in [-0.1, -0.05) is 13.8 Å². The second kappa shape index (κ2) is 7.30. The molecule has 0 radical (unpaired) electrons. The van der Waals surface area contributed by atoms with Crippen molar-refractivity contribution in [1.82, 2.24) is 15.8 Å². The van der Waals surface area contributed by atoms with Crippen LogP contribution in [0.3, 0.4) is 0 Å². The third-order valence-corrected chi connectivity index (χ3v) is 6.97. The molecule has 6 heteroatoms. The predicted octanol–water partition coefficient (Wildman–Crippen LogP) is 3.10. The Labute approximate surface area is 161 Å². The van der Waals surface area contributed by atoms with Crippen molar-refractivity contribution in [1.29, 1.82) is 0 Å². The highest BCUT2D eigenvalue weighted by molar-refractivity contribution is 5.93. The molecule has 4 saturated carbocycles. The van der Waals surface area contributed by atoms with Crippen molar-refractivity contribution in [3.05, 3.63) is 23.7 Å². The standard InChI is InChI=1S/C21H31N3O3/c1-3-24(4-2)13-17-5-6-18(27-17)19(25)22-23-20(26)21-10-14-7-15(11-21)9-16(8-14)12-21/h5-6,14-16H,3-4,7-13H2,1-2H3,(H,22,25)(H,23,26). The van der Waals surface area contributed by atoms with Gasteiger partial charge in [-0.2, -0.15) is 0 Å². The lowest BCUT2D eigenvalue weighted by Crippen LogP contribution is -2.56. The molecule has 4 bridgehead atoms. The Bertz CT molecular complexity index is 672.